The Balaban J connectivity index is 0.00000196. The molecule has 0 unspecified atom stereocenters. The molecule has 0 radical (unpaired) electrons. The second-order valence-corrected chi connectivity index (χ2v) is 3.55. The first-order chi connectivity index (χ1) is 6.65. The van der Waals surface area contributed by atoms with Crippen LogP contribution in [0.5, 0.6) is 0 Å². The summed E-state index contributed by atoms with van der Waals surface area (Å²) in [5.41, 5.74) is 6.61. The van der Waals surface area contributed by atoms with Gasteiger partial charge in [-0.2, -0.15) is 0 Å². The molecule has 0 saturated carbocycles. The highest BCUT2D eigenvalue weighted by atomic mass is 35.5. The van der Waals surface area contributed by atoms with Gasteiger partial charge in [-0.25, -0.2) is 4.39 Å². The van der Waals surface area contributed by atoms with Gasteiger partial charge in [0.15, 0.2) is 0 Å². The molecule has 4 heteroatoms. The van der Waals surface area contributed by atoms with Gasteiger partial charge in [-0.3, -0.25) is 0 Å². The van der Waals surface area contributed by atoms with E-state index in [1.165, 1.54) is 12.1 Å². The van der Waals surface area contributed by atoms with Crippen LogP contribution in [0.1, 0.15) is 24.4 Å². The molecule has 84 valence electrons. The second kappa shape index (κ2) is 6.83. The maximum Gasteiger partial charge on any atom is 0.142 e. The predicted molar refractivity (Wildman–Crippen MR) is 65.0 cm³/mol. The fourth-order valence-corrected chi connectivity index (χ4v) is 1.32. The molecule has 0 aliphatic heterocycles. The van der Waals surface area contributed by atoms with E-state index in [0.717, 1.165) is 18.4 Å². The molecule has 0 aliphatic rings. The van der Waals surface area contributed by atoms with Gasteiger partial charge in [0, 0.05) is 6.04 Å². The number of hydrogen-bond acceptors (Lipinski definition) is 1. The lowest BCUT2D eigenvalue weighted by Crippen LogP contribution is -2.09. The molecule has 15 heavy (non-hydrogen) atoms. The maximum absolute atomic E-state index is 13.1. The van der Waals surface area contributed by atoms with E-state index in [2.05, 4.69) is 6.58 Å². The monoisotopic (exact) mass is 249 g/mol. The Morgan fingerprint density at radius 1 is 1.53 bits per heavy atom. The van der Waals surface area contributed by atoms with Gasteiger partial charge in [0.2, 0.25) is 0 Å². The van der Waals surface area contributed by atoms with Crippen molar-refractivity contribution in [1.82, 2.24) is 0 Å². The number of allylic oxidation sites excluding steroid dienone is 1. The fraction of sp³-hybridized carbons (Fsp3) is 0.273. The highest BCUT2D eigenvalue weighted by Crippen LogP contribution is 2.21. The molecule has 1 nitrogen and oxygen atoms in total. The Kier molecular flexibility index (Phi) is 6.57. The molecule has 1 aromatic rings. The first kappa shape index (κ1) is 14.4. The van der Waals surface area contributed by atoms with E-state index in [9.17, 15) is 4.39 Å². The molecular formula is C11H14Cl2FN. The summed E-state index contributed by atoms with van der Waals surface area (Å²) in [6, 6.07) is 4.51. The van der Waals surface area contributed by atoms with Crippen molar-refractivity contribution in [3.63, 3.8) is 0 Å². The van der Waals surface area contributed by atoms with Gasteiger partial charge in [-0.05, 0) is 30.5 Å². The lowest BCUT2D eigenvalue weighted by molar-refractivity contribution is 0.612. The van der Waals surface area contributed by atoms with E-state index < -0.39 is 5.82 Å². The Hall–Kier alpha value is -0.570. The number of rotatable bonds is 4. The van der Waals surface area contributed by atoms with Gasteiger partial charge in [-0.15, -0.1) is 19.0 Å². The molecule has 1 aromatic carbocycles. The van der Waals surface area contributed by atoms with Crippen molar-refractivity contribution in [2.24, 2.45) is 5.73 Å². The molecule has 0 saturated heterocycles. The average molecular weight is 250 g/mol. The van der Waals surface area contributed by atoms with Crippen LogP contribution < -0.4 is 5.73 Å². The summed E-state index contributed by atoms with van der Waals surface area (Å²) >= 11 is 5.56. The van der Waals surface area contributed by atoms with Crippen LogP contribution in [0.3, 0.4) is 0 Å². The number of nitrogens with two attached hydrogens (primary N) is 1. The lowest BCUT2D eigenvalue weighted by Gasteiger charge is -2.10. The summed E-state index contributed by atoms with van der Waals surface area (Å²) in [5, 5.41) is 0.129. The molecule has 0 amide bonds. The normalized spacial score (nSPS) is 11.7. The summed E-state index contributed by atoms with van der Waals surface area (Å²) in [7, 11) is 0. The van der Waals surface area contributed by atoms with Crippen molar-refractivity contribution in [2.75, 3.05) is 0 Å². The van der Waals surface area contributed by atoms with Crippen LogP contribution >= 0.6 is 24.0 Å². The molecule has 1 rings (SSSR count). The standard InChI is InChI=1S/C11H13ClFN.ClH/c1-2-3-4-11(14)8-5-6-9(12)10(13)7-8;/h2,5-7,11H,1,3-4,14H2;1H/t11-;/m1./s1. The van der Waals surface area contributed by atoms with Gasteiger partial charge in [0.25, 0.3) is 0 Å². The summed E-state index contributed by atoms with van der Waals surface area (Å²) < 4.78 is 13.1. The topological polar surface area (TPSA) is 26.0 Å². The summed E-state index contributed by atoms with van der Waals surface area (Å²) in [4.78, 5) is 0. The molecular weight excluding hydrogens is 236 g/mol. The lowest BCUT2D eigenvalue weighted by atomic mass is 10.0. The quantitative estimate of drug-likeness (QED) is 0.806. The first-order valence-corrected chi connectivity index (χ1v) is 4.84. The molecule has 2 N–H and O–H groups in total. The first-order valence-electron chi connectivity index (χ1n) is 4.46. The summed E-state index contributed by atoms with van der Waals surface area (Å²) in [6.45, 7) is 3.61. The van der Waals surface area contributed by atoms with Crippen LogP contribution in [-0.2, 0) is 0 Å². The molecule has 1 atom stereocenters. The van der Waals surface area contributed by atoms with Crippen molar-refractivity contribution >= 4 is 24.0 Å². The molecule has 0 spiro atoms. The minimum absolute atomic E-state index is 0. The highest BCUT2D eigenvalue weighted by Gasteiger charge is 2.07. The zero-order valence-electron chi connectivity index (χ0n) is 8.25. The van der Waals surface area contributed by atoms with Crippen molar-refractivity contribution < 1.29 is 4.39 Å². The van der Waals surface area contributed by atoms with E-state index in [4.69, 9.17) is 17.3 Å². The van der Waals surface area contributed by atoms with E-state index in [1.54, 1.807) is 12.1 Å². The number of hydrogen-bond donors (Lipinski definition) is 1. The Morgan fingerprint density at radius 2 is 2.20 bits per heavy atom. The van der Waals surface area contributed by atoms with E-state index >= 15 is 0 Å². The van der Waals surface area contributed by atoms with Gasteiger partial charge >= 0.3 is 0 Å². The minimum Gasteiger partial charge on any atom is -0.324 e. The molecule has 0 aromatic heterocycles. The second-order valence-electron chi connectivity index (χ2n) is 3.15. The molecule has 0 bridgehead atoms. The van der Waals surface area contributed by atoms with Crippen molar-refractivity contribution in [1.29, 1.82) is 0 Å². The number of benzene rings is 1. The van der Waals surface area contributed by atoms with Crippen LogP contribution in [0.2, 0.25) is 5.02 Å². The van der Waals surface area contributed by atoms with Crippen molar-refractivity contribution in [3.8, 4) is 0 Å². The summed E-state index contributed by atoms with van der Waals surface area (Å²) in [5.74, 6) is -0.418. The third-order valence-corrected chi connectivity index (χ3v) is 2.36. The van der Waals surface area contributed by atoms with Crippen LogP contribution in [-0.4, -0.2) is 0 Å². The highest BCUT2D eigenvalue weighted by molar-refractivity contribution is 6.30. The van der Waals surface area contributed by atoms with Crippen molar-refractivity contribution in [3.05, 3.63) is 47.3 Å². The van der Waals surface area contributed by atoms with Crippen LogP contribution in [0, 0.1) is 5.82 Å². The third-order valence-electron chi connectivity index (χ3n) is 2.05. The summed E-state index contributed by atoms with van der Waals surface area (Å²) in [6.07, 6.45) is 3.39. The SMILES string of the molecule is C=CCC[C@@H](N)c1ccc(Cl)c(F)c1.Cl. The zero-order valence-corrected chi connectivity index (χ0v) is 9.82. The smallest absolute Gasteiger partial charge is 0.142 e. The van der Waals surface area contributed by atoms with Gasteiger partial charge in [-0.1, -0.05) is 23.7 Å². The predicted octanol–water partition coefficient (Wildman–Crippen LogP) is 3.87. The average Bonchev–Trinajstić information content (AvgIpc) is 2.18. The third kappa shape index (κ3) is 4.20. The maximum atomic E-state index is 13.1. The van der Waals surface area contributed by atoms with E-state index in [1.807, 2.05) is 0 Å². The van der Waals surface area contributed by atoms with Crippen LogP contribution in [0.4, 0.5) is 4.39 Å². The Bertz CT molecular complexity index is 328. The van der Waals surface area contributed by atoms with Gasteiger partial charge < -0.3 is 5.73 Å². The Morgan fingerprint density at radius 3 is 2.73 bits per heavy atom. The largest absolute Gasteiger partial charge is 0.324 e. The zero-order chi connectivity index (χ0) is 10.6. The minimum atomic E-state index is -0.418. The van der Waals surface area contributed by atoms with E-state index in [-0.39, 0.29) is 23.5 Å². The number of halogens is 3. The van der Waals surface area contributed by atoms with Gasteiger partial charge in [0.1, 0.15) is 5.82 Å². The molecule has 0 fully saturated rings. The fourth-order valence-electron chi connectivity index (χ4n) is 1.21. The van der Waals surface area contributed by atoms with Crippen molar-refractivity contribution in [2.45, 2.75) is 18.9 Å². The van der Waals surface area contributed by atoms with E-state index in [0.29, 0.717) is 0 Å². The molecule has 0 aliphatic carbocycles. The van der Waals surface area contributed by atoms with Crippen LogP contribution in [0.15, 0.2) is 30.9 Å². The molecule has 0 heterocycles. The Labute approximate surface area is 101 Å². The van der Waals surface area contributed by atoms with Crippen LogP contribution in [0.25, 0.3) is 0 Å². The van der Waals surface area contributed by atoms with Gasteiger partial charge in [0.05, 0.1) is 5.02 Å².